The van der Waals surface area contributed by atoms with Crippen LogP contribution in [0.4, 0.5) is 4.39 Å². The summed E-state index contributed by atoms with van der Waals surface area (Å²) in [7, 11) is -0.401. The van der Waals surface area contributed by atoms with E-state index in [4.69, 9.17) is 4.74 Å². The zero-order valence-electron chi connectivity index (χ0n) is 6.85. The molecule has 0 N–H and O–H groups in total. The number of halogens is 1. The maximum atomic E-state index is 13.2. The first-order valence-corrected chi connectivity index (χ1v) is 5.73. The van der Waals surface area contributed by atoms with Crippen molar-refractivity contribution in [1.29, 1.82) is 0 Å². The molecule has 1 fully saturated rings. The molecule has 0 aromatic carbocycles. The molecule has 1 heterocycles. The molecule has 0 saturated carbocycles. The van der Waals surface area contributed by atoms with E-state index in [9.17, 15) is 4.39 Å². The van der Waals surface area contributed by atoms with Crippen molar-refractivity contribution in [1.82, 2.24) is 0 Å². The van der Waals surface area contributed by atoms with Gasteiger partial charge in [0.1, 0.15) is 5.76 Å². The number of alkyl halides is 1. The van der Waals surface area contributed by atoms with Crippen molar-refractivity contribution in [3.8, 4) is 0 Å². The van der Waals surface area contributed by atoms with Gasteiger partial charge < -0.3 is 4.74 Å². The lowest BCUT2D eigenvalue weighted by atomic mass is 10.5. The van der Waals surface area contributed by atoms with Crippen LogP contribution in [0.5, 0.6) is 0 Å². The molecule has 0 radical (unpaired) electrons. The molecule has 11 heavy (non-hydrogen) atoms. The van der Waals surface area contributed by atoms with E-state index in [0.717, 1.165) is 12.3 Å². The van der Waals surface area contributed by atoms with Crippen LogP contribution < -0.4 is 0 Å². The van der Waals surface area contributed by atoms with Gasteiger partial charge in [-0.25, -0.2) is 4.39 Å². The predicted molar refractivity (Wildman–Crippen MR) is 46.9 cm³/mol. The van der Waals surface area contributed by atoms with Crippen LogP contribution in [-0.2, 0) is 4.74 Å². The van der Waals surface area contributed by atoms with E-state index in [-0.39, 0.29) is 0 Å². The summed E-state index contributed by atoms with van der Waals surface area (Å²) in [5.74, 6) is -0.517. The normalized spacial score (nSPS) is 20.5. The van der Waals surface area contributed by atoms with Crippen LogP contribution in [-0.4, -0.2) is 24.8 Å². The molecular formula is C8H14FOP. The Morgan fingerprint density at radius 3 is 2.73 bits per heavy atom. The van der Waals surface area contributed by atoms with E-state index in [2.05, 4.69) is 6.58 Å². The van der Waals surface area contributed by atoms with Gasteiger partial charge in [-0.2, -0.15) is 0 Å². The lowest BCUT2D eigenvalue weighted by molar-refractivity contribution is 0.194. The molecule has 0 aromatic rings. The third kappa shape index (κ3) is 2.16. The molecule has 1 atom stereocenters. The van der Waals surface area contributed by atoms with Gasteiger partial charge >= 0.3 is 0 Å². The van der Waals surface area contributed by atoms with Crippen LogP contribution in [0.1, 0.15) is 13.3 Å². The summed E-state index contributed by atoms with van der Waals surface area (Å²) in [5.41, 5.74) is 0. The molecule has 1 aliphatic rings. The van der Waals surface area contributed by atoms with Crippen molar-refractivity contribution in [2.45, 2.75) is 19.3 Å². The Labute approximate surface area is 68.4 Å². The summed E-state index contributed by atoms with van der Waals surface area (Å²) in [6, 6.07) is 0. The Hall–Kier alpha value is -0.100. The molecule has 0 spiro atoms. The number of rotatable bonds is 4. The number of ether oxygens (including phenoxy) is 1. The molecule has 0 aromatic heterocycles. The lowest BCUT2D eigenvalue weighted by Crippen LogP contribution is -2.16. The van der Waals surface area contributed by atoms with E-state index < -0.39 is 13.8 Å². The standard InChI is InChI=1S/C8H14FOP/c1-3-10-7(2)8(9)11-5-4-6-11/h8H,2-6H2,1H3. The second-order valence-corrected chi connectivity index (χ2v) is 5.15. The smallest absolute Gasteiger partial charge is 0.174 e. The van der Waals surface area contributed by atoms with Crippen LogP contribution in [0.15, 0.2) is 12.3 Å². The monoisotopic (exact) mass is 176 g/mol. The zero-order chi connectivity index (χ0) is 8.27. The van der Waals surface area contributed by atoms with Gasteiger partial charge in [0, 0.05) is 0 Å². The van der Waals surface area contributed by atoms with Gasteiger partial charge in [-0.1, -0.05) is 14.5 Å². The van der Waals surface area contributed by atoms with Crippen LogP contribution >= 0.6 is 7.92 Å². The molecule has 1 rings (SSSR count). The highest BCUT2D eigenvalue weighted by Gasteiger charge is 2.29. The Morgan fingerprint density at radius 1 is 1.73 bits per heavy atom. The van der Waals surface area contributed by atoms with Crippen molar-refractivity contribution in [3.63, 3.8) is 0 Å². The molecule has 0 bridgehead atoms. The predicted octanol–water partition coefficient (Wildman–Crippen LogP) is 2.72. The molecule has 0 amide bonds. The Bertz CT molecular complexity index is 145. The third-order valence-corrected chi connectivity index (χ3v) is 4.52. The summed E-state index contributed by atoms with van der Waals surface area (Å²) in [4.78, 5) is 0. The highest BCUT2D eigenvalue weighted by Crippen LogP contribution is 2.53. The van der Waals surface area contributed by atoms with Crippen molar-refractivity contribution >= 4 is 7.92 Å². The Balaban J connectivity index is 2.27. The van der Waals surface area contributed by atoms with Crippen molar-refractivity contribution in [2.75, 3.05) is 18.9 Å². The lowest BCUT2D eigenvalue weighted by Gasteiger charge is -2.29. The number of hydrogen-bond donors (Lipinski definition) is 0. The molecule has 1 aliphatic heterocycles. The Kier molecular flexibility index (Phi) is 3.32. The third-order valence-electron chi connectivity index (χ3n) is 1.81. The minimum atomic E-state index is -0.862. The summed E-state index contributed by atoms with van der Waals surface area (Å²) in [6.45, 7) is 5.95. The van der Waals surface area contributed by atoms with Crippen molar-refractivity contribution in [3.05, 3.63) is 12.3 Å². The molecule has 64 valence electrons. The fourth-order valence-electron chi connectivity index (χ4n) is 1.03. The van der Waals surface area contributed by atoms with Crippen LogP contribution in [0, 0.1) is 0 Å². The second kappa shape index (κ2) is 4.06. The summed E-state index contributed by atoms with van der Waals surface area (Å²) >= 11 is 0. The first kappa shape index (κ1) is 8.99. The highest BCUT2D eigenvalue weighted by atomic mass is 31.1. The topological polar surface area (TPSA) is 9.23 Å². The number of hydrogen-bond acceptors (Lipinski definition) is 1. The molecule has 3 heteroatoms. The van der Waals surface area contributed by atoms with Gasteiger partial charge in [0.2, 0.25) is 0 Å². The molecule has 1 nitrogen and oxygen atoms in total. The van der Waals surface area contributed by atoms with Gasteiger partial charge in [-0.15, -0.1) is 0 Å². The summed E-state index contributed by atoms with van der Waals surface area (Å²) < 4.78 is 18.2. The van der Waals surface area contributed by atoms with E-state index in [1.54, 1.807) is 0 Å². The van der Waals surface area contributed by atoms with E-state index >= 15 is 0 Å². The maximum absolute atomic E-state index is 13.2. The van der Waals surface area contributed by atoms with Gasteiger partial charge in [-0.3, -0.25) is 0 Å². The summed E-state index contributed by atoms with van der Waals surface area (Å²) in [6.07, 6.45) is 3.30. The highest BCUT2D eigenvalue weighted by molar-refractivity contribution is 7.60. The van der Waals surface area contributed by atoms with Gasteiger partial charge in [0.25, 0.3) is 0 Å². The fraction of sp³-hybridized carbons (Fsp3) is 0.750. The summed E-state index contributed by atoms with van der Waals surface area (Å²) in [5, 5.41) is 0. The van der Waals surface area contributed by atoms with E-state index in [1.807, 2.05) is 6.92 Å². The quantitative estimate of drug-likeness (QED) is 0.472. The van der Waals surface area contributed by atoms with Crippen molar-refractivity contribution < 1.29 is 9.13 Å². The van der Waals surface area contributed by atoms with Gasteiger partial charge in [0.05, 0.1) is 6.61 Å². The minimum absolute atomic E-state index is 0.346. The van der Waals surface area contributed by atoms with E-state index in [1.165, 1.54) is 6.42 Å². The fourth-order valence-corrected chi connectivity index (χ4v) is 2.64. The first-order chi connectivity index (χ1) is 5.25. The maximum Gasteiger partial charge on any atom is 0.174 e. The first-order valence-electron chi connectivity index (χ1n) is 3.95. The Morgan fingerprint density at radius 2 is 2.36 bits per heavy atom. The van der Waals surface area contributed by atoms with Gasteiger partial charge in [0.15, 0.2) is 5.91 Å². The average Bonchev–Trinajstić information content (AvgIpc) is 1.84. The van der Waals surface area contributed by atoms with Crippen LogP contribution in [0.3, 0.4) is 0 Å². The molecule has 1 unspecified atom stereocenters. The van der Waals surface area contributed by atoms with Crippen LogP contribution in [0.25, 0.3) is 0 Å². The van der Waals surface area contributed by atoms with E-state index in [0.29, 0.717) is 12.4 Å². The second-order valence-electron chi connectivity index (χ2n) is 2.62. The van der Waals surface area contributed by atoms with Crippen LogP contribution in [0.2, 0.25) is 0 Å². The minimum Gasteiger partial charge on any atom is -0.495 e. The number of allylic oxidation sites excluding steroid dienone is 1. The average molecular weight is 176 g/mol. The van der Waals surface area contributed by atoms with Gasteiger partial charge in [-0.05, 0) is 25.7 Å². The molecule has 0 aliphatic carbocycles. The molecule has 1 saturated heterocycles. The molecular weight excluding hydrogens is 162 g/mol. The van der Waals surface area contributed by atoms with Crippen molar-refractivity contribution in [2.24, 2.45) is 0 Å². The largest absolute Gasteiger partial charge is 0.495 e. The SMILES string of the molecule is C=C(OCC)C(F)P1CCC1. The zero-order valence-corrected chi connectivity index (χ0v) is 7.74.